The molecule has 0 fully saturated rings. The number of rotatable bonds is 6. The van der Waals surface area contributed by atoms with Crippen molar-refractivity contribution in [2.75, 3.05) is 0 Å². The Morgan fingerprint density at radius 1 is 0.472 bits per heavy atom. The van der Waals surface area contributed by atoms with Crippen LogP contribution in [0.5, 0.6) is 23.0 Å². The van der Waals surface area contributed by atoms with E-state index in [0.717, 1.165) is 0 Å². The van der Waals surface area contributed by atoms with Crippen LogP contribution >= 0.6 is 0 Å². The number of pyridine rings is 2. The zero-order valence-corrected chi connectivity index (χ0v) is 32.0. The van der Waals surface area contributed by atoms with Gasteiger partial charge in [0.25, 0.3) is 11.8 Å². The van der Waals surface area contributed by atoms with Gasteiger partial charge >= 0.3 is 27.3 Å². The number of aromatic hydroxyl groups is 2. The van der Waals surface area contributed by atoms with Crippen LogP contribution < -0.4 is 21.1 Å². The van der Waals surface area contributed by atoms with Gasteiger partial charge < -0.3 is 30.6 Å². The molecule has 6 aromatic rings. The van der Waals surface area contributed by atoms with Gasteiger partial charge in [-0.3, -0.25) is 19.6 Å². The van der Waals surface area contributed by atoms with E-state index in [1.807, 2.05) is 36.4 Å². The molecule has 264 valence electrons. The number of aliphatic hydroxyl groups is 2. The quantitative estimate of drug-likeness (QED) is 0.0601. The fourth-order valence-corrected chi connectivity index (χ4v) is 3.71. The van der Waals surface area contributed by atoms with E-state index < -0.39 is 35.1 Å². The average Bonchev–Trinajstić information content (AvgIpc) is 3.18. The van der Waals surface area contributed by atoms with Crippen LogP contribution in [0.25, 0.3) is 0 Å². The molecule has 0 unspecified atom stereocenters. The molecule has 0 atom stereocenters. The SMILES string of the molecule is O=C(N/N=C(\O)c1ccccc1[O-])c1ccccc1O.O=C(N/N=C(\O)c1ccccc1[O-])c1ccccc1O.[Cd+2].c1ccncc1.c1ccncc1. The Hall–Kier alpha value is -6.82. The minimum absolute atomic E-state index is 0. The number of nitrogens with zero attached hydrogens (tertiary/aromatic N) is 4. The number of para-hydroxylation sites is 4. The standard InChI is InChI=1S/2C14H12N2O4.2C5H5N.Cd/c2*17-11-7-3-1-5-9(11)13(19)15-16-14(20)10-6-2-4-8-12(10)18;2*1-2-4-6-5-3-1;/h2*1-8,17-18H,(H,15,19)(H,16,20);2*1-5H;/q;;;;+2/p-2. The Balaban J connectivity index is 0.000000275. The molecule has 0 radical (unpaired) electrons. The van der Waals surface area contributed by atoms with Crippen LogP contribution in [0.15, 0.2) is 168 Å². The normalized spacial score (nSPS) is 10.2. The van der Waals surface area contributed by atoms with Crippen molar-refractivity contribution in [2.24, 2.45) is 10.2 Å². The zero-order chi connectivity index (χ0) is 37.6. The number of nitrogens with one attached hydrogen (secondary N) is 2. The molecule has 2 heterocycles. The summed E-state index contributed by atoms with van der Waals surface area (Å²) in [7, 11) is 0. The van der Waals surface area contributed by atoms with Crippen molar-refractivity contribution in [3.8, 4) is 23.0 Å². The summed E-state index contributed by atoms with van der Waals surface area (Å²) < 4.78 is 0. The molecule has 0 aliphatic heterocycles. The number of carbonyl (C=O) groups excluding carboxylic acids is 2. The van der Waals surface area contributed by atoms with Gasteiger partial charge in [-0.25, -0.2) is 10.9 Å². The van der Waals surface area contributed by atoms with Crippen molar-refractivity contribution in [3.63, 3.8) is 0 Å². The van der Waals surface area contributed by atoms with Gasteiger partial charge in [0.1, 0.15) is 11.5 Å². The Kier molecular flexibility index (Phi) is 18.8. The number of hydrogen-bond donors (Lipinski definition) is 6. The summed E-state index contributed by atoms with van der Waals surface area (Å²) in [4.78, 5) is 31.0. The summed E-state index contributed by atoms with van der Waals surface area (Å²) in [5.74, 6) is -3.82. The summed E-state index contributed by atoms with van der Waals surface area (Å²) in [5.41, 5.74) is 4.11. The van der Waals surface area contributed by atoms with Crippen molar-refractivity contribution < 1.29 is 67.5 Å². The second kappa shape index (κ2) is 23.6. The smallest absolute Gasteiger partial charge is 0.872 e. The number of hydrazone groups is 2. The van der Waals surface area contributed by atoms with E-state index in [2.05, 4.69) is 31.0 Å². The fraction of sp³-hybridized carbons (Fsp3) is 0. The number of amides is 2. The van der Waals surface area contributed by atoms with Gasteiger partial charge in [-0.15, -0.1) is 10.2 Å². The third-order valence-electron chi connectivity index (χ3n) is 6.21. The first kappa shape index (κ1) is 42.3. The van der Waals surface area contributed by atoms with E-state index >= 15 is 0 Å². The van der Waals surface area contributed by atoms with E-state index in [4.69, 9.17) is 0 Å². The number of aliphatic hydroxyl groups excluding tert-OH is 2. The van der Waals surface area contributed by atoms with Gasteiger partial charge in [-0.1, -0.05) is 96.4 Å². The maximum absolute atomic E-state index is 11.7. The van der Waals surface area contributed by atoms with Gasteiger partial charge in [0.15, 0.2) is 0 Å². The molecular weight excluding hydrogens is 781 g/mol. The van der Waals surface area contributed by atoms with E-state index in [9.17, 15) is 40.2 Å². The van der Waals surface area contributed by atoms with E-state index in [1.165, 1.54) is 60.7 Å². The van der Waals surface area contributed by atoms with Gasteiger partial charge in [0, 0.05) is 35.9 Å². The molecule has 0 saturated carbocycles. The predicted octanol–water partition coefficient (Wildman–Crippen LogP) is 4.39. The largest absolute Gasteiger partial charge is 2.00 e. The molecule has 6 rings (SSSR count). The van der Waals surface area contributed by atoms with Crippen LogP contribution in [0, 0.1) is 0 Å². The summed E-state index contributed by atoms with van der Waals surface area (Å²) >= 11 is 0. The molecule has 2 aromatic heterocycles. The van der Waals surface area contributed by atoms with Crippen LogP contribution in [0.2, 0.25) is 0 Å². The summed E-state index contributed by atoms with van der Waals surface area (Å²) in [6.07, 6.45) is 7.00. The van der Waals surface area contributed by atoms with Gasteiger partial charge in [0.05, 0.1) is 11.1 Å². The molecule has 0 aliphatic rings. The fourth-order valence-electron chi connectivity index (χ4n) is 3.71. The number of benzene rings is 4. The summed E-state index contributed by atoms with van der Waals surface area (Å²) in [5, 5.41) is 68.0. The Labute approximate surface area is 324 Å². The molecule has 14 nitrogen and oxygen atoms in total. The van der Waals surface area contributed by atoms with E-state index in [-0.39, 0.29) is 61.1 Å². The van der Waals surface area contributed by atoms with Crippen molar-refractivity contribution in [1.29, 1.82) is 0 Å². The number of aromatic nitrogens is 2. The minimum Gasteiger partial charge on any atom is -0.872 e. The molecule has 15 heteroatoms. The first-order chi connectivity index (χ1) is 25.2. The van der Waals surface area contributed by atoms with Crippen LogP contribution in [0.4, 0.5) is 0 Å². The van der Waals surface area contributed by atoms with Crippen LogP contribution in [0.1, 0.15) is 31.8 Å². The average molecular weight is 813 g/mol. The second-order valence-electron chi connectivity index (χ2n) is 9.83. The topological polar surface area (TPSA) is 236 Å². The third kappa shape index (κ3) is 14.9. The van der Waals surface area contributed by atoms with Crippen molar-refractivity contribution >= 4 is 23.6 Å². The second-order valence-corrected chi connectivity index (χ2v) is 9.83. The number of carbonyl (C=O) groups is 2. The molecule has 0 aliphatic carbocycles. The minimum atomic E-state index is -0.696. The first-order valence-electron chi connectivity index (χ1n) is 15.1. The molecule has 0 saturated heterocycles. The molecule has 4 aromatic carbocycles. The van der Waals surface area contributed by atoms with Crippen LogP contribution in [-0.2, 0) is 27.3 Å². The third-order valence-corrected chi connectivity index (χ3v) is 6.21. The Bertz CT molecular complexity index is 1870. The van der Waals surface area contributed by atoms with Gasteiger partial charge in [-0.05, 0) is 48.5 Å². The molecule has 6 N–H and O–H groups in total. The number of phenols is 2. The molecule has 2 amide bonds. The van der Waals surface area contributed by atoms with Crippen LogP contribution in [-0.4, -0.2) is 54.0 Å². The predicted molar refractivity (Wildman–Crippen MR) is 190 cm³/mol. The molecular formula is C38H32CdN6O8. The number of hydrogen-bond acceptors (Lipinski definition) is 10. The Morgan fingerprint density at radius 3 is 1.04 bits per heavy atom. The summed E-state index contributed by atoms with van der Waals surface area (Å²) in [6.45, 7) is 0. The monoisotopic (exact) mass is 814 g/mol. The Morgan fingerprint density at radius 2 is 0.774 bits per heavy atom. The zero-order valence-electron chi connectivity index (χ0n) is 27.9. The molecule has 0 spiro atoms. The molecule has 0 bridgehead atoms. The molecule has 53 heavy (non-hydrogen) atoms. The van der Waals surface area contributed by atoms with Crippen molar-refractivity contribution in [3.05, 3.63) is 181 Å². The van der Waals surface area contributed by atoms with Crippen molar-refractivity contribution in [1.82, 2.24) is 20.8 Å². The van der Waals surface area contributed by atoms with E-state index in [1.54, 1.807) is 61.2 Å². The number of phenolic OH excluding ortho intramolecular Hbond substituents is 2. The maximum Gasteiger partial charge on any atom is 2.00 e. The summed E-state index contributed by atoms with van der Waals surface area (Å²) in [6, 6.07) is 34.7. The van der Waals surface area contributed by atoms with Crippen molar-refractivity contribution in [2.45, 2.75) is 0 Å². The van der Waals surface area contributed by atoms with Crippen LogP contribution in [0.3, 0.4) is 0 Å². The maximum atomic E-state index is 11.7. The van der Waals surface area contributed by atoms with E-state index in [0.29, 0.717) is 0 Å². The van der Waals surface area contributed by atoms with Gasteiger partial charge in [-0.2, -0.15) is 0 Å². The first-order valence-corrected chi connectivity index (χ1v) is 15.1. The van der Waals surface area contributed by atoms with Gasteiger partial charge in [0.2, 0.25) is 11.8 Å².